The number of nitrogens with one attached hydrogen (secondary N) is 1. The van der Waals surface area contributed by atoms with Crippen molar-refractivity contribution in [2.45, 2.75) is 25.7 Å². The van der Waals surface area contributed by atoms with E-state index < -0.39 is 23.2 Å². The molecule has 2 aromatic rings. The minimum Gasteiger partial charge on any atom is -0.364 e. The maximum atomic E-state index is 14.0. The predicted octanol–water partition coefficient (Wildman–Crippen LogP) is 1.06. The van der Waals surface area contributed by atoms with Gasteiger partial charge in [0.25, 0.3) is 11.8 Å². The van der Waals surface area contributed by atoms with Gasteiger partial charge in [-0.15, -0.1) is 0 Å². The first kappa shape index (κ1) is 12.5. The largest absolute Gasteiger partial charge is 0.364 e. The SMILES string of the molecule is CC12Cc3c(c(C(N)=O)nn3-c3cn[nH]c3)CC1C2(F)F. The van der Waals surface area contributed by atoms with Crippen molar-refractivity contribution >= 4 is 5.91 Å². The van der Waals surface area contributed by atoms with Crippen LogP contribution >= 0.6 is 0 Å². The van der Waals surface area contributed by atoms with Gasteiger partial charge in [0.2, 0.25) is 0 Å². The van der Waals surface area contributed by atoms with Crippen LogP contribution in [-0.4, -0.2) is 31.8 Å². The van der Waals surface area contributed by atoms with E-state index in [4.69, 9.17) is 5.73 Å². The van der Waals surface area contributed by atoms with Gasteiger partial charge >= 0.3 is 0 Å². The standard InChI is InChI=1S/C13H13F2N5O/c1-12-3-8-7(2-9(12)13(12,14)15)10(11(16)21)19-20(8)6-4-17-18-5-6/h4-5,9H,2-3H2,1H3,(H2,16,21)(H,17,18). The maximum Gasteiger partial charge on any atom is 0.269 e. The lowest BCUT2D eigenvalue weighted by Gasteiger charge is -2.17. The molecule has 0 bridgehead atoms. The van der Waals surface area contributed by atoms with E-state index in [1.54, 1.807) is 13.1 Å². The minimum absolute atomic E-state index is 0.0796. The second-order valence-corrected chi connectivity index (χ2v) is 5.98. The molecule has 8 heteroatoms. The number of rotatable bonds is 2. The van der Waals surface area contributed by atoms with Crippen LogP contribution in [0.1, 0.15) is 28.7 Å². The molecule has 0 aliphatic heterocycles. The van der Waals surface area contributed by atoms with Gasteiger partial charge in [-0.05, 0) is 6.42 Å². The monoisotopic (exact) mass is 293 g/mol. The quantitative estimate of drug-likeness (QED) is 0.867. The van der Waals surface area contributed by atoms with E-state index in [0.717, 1.165) is 0 Å². The van der Waals surface area contributed by atoms with Gasteiger partial charge in [-0.1, -0.05) is 6.92 Å². The number of H-pyrrole nitrogens is 1. The van der Waals surface area contributed by atoms with Crippen molar-refractivity contribution in [3.63, 3.8) is 0 Å². The highest BCUT2D eigenvalue weighted by Gasteiger charge is 2.78. The Labute approximate surface area is 118 Å². The molecule has 0 radical (unpaired) electrons. The number of fused-ring (bicyclic) bond motifs is 2. The Morgan fingerprint density at radius 3 is 2.95 bits per heavy atom. The van der Waals surface area contributed by atoms with Gasteiger partial charge in [-0.2, -0.15) is 10.2 Å². The normalized spacial score (nSPS) is 28.8. The number of alkyl halides is 2. The molecule has 2 aliphatic carbocycles. The highest BCUT2D eigenvalue weighted by atomic mass is 19.3. The third-order valence-corrected chi connectivity index (χ3v) is 4.88. The second kappa shape index (κ2) is 3.49. The number of nitrogens with two attached hydrogens (primary N) is 1. The molecule has 6 nitrogen and oxygen atoms in total. The summed E-state index contributed by atoms with van der Waals surface area (Å²) in [5.41, 5.74) is 6.13. The molecule has 110 valence electrons. The highest BCUT2D eigenvalue weighted by molar-refractivity contribution is 5.92. The van der Waals surface area contributed by atoms with Crippen molar-refractivity contribution in [2.24, 2.45) is 17.1 Å². The van der Waals surface area contributed by atoms with Gasteiger partial charge in [0.1, 0.15) is 5.69 Å². The average Bonchev–Trinajstić information content (AvgIpc) is 2.90. The Morgan fingerprint density at radius 2 is 2.33 bits per heavy atom. The number of aromatic nitrogens is 4. The minimum atomic E-state index is -2.71. The Bertz CT molecular complexity index is 751. The van der Waals surface area contributed by atoms with Crippen LogP contribution in [-0.2, 0) is 12.8 Å². The van der Waals surface area contributed by atoms with Crippen molar-refractivity contribution in [1.82, 2.24) is 20.0 Å². The number of primary amides is 1. The van der Waals surface area contributed by atoms with Gasteiger partial charge in [0.15, 0.2) is 5.69 Å². The van der Waals surface area contributed by atoms with E-state index in [1.165, 1.54) is 10.9 Å². The lowest BCUT2D eigenvalue weighted by Crippen LogP contribution is -2.19. The zero-order valence-corrected chi connectivity index (χ0v) is 11.2. The van der Waals surface area contributed by atoms with Crippen LogP contribution in [0.25, 0.3) is 5.69 Å². The fraction of sp³-hybridized carbons (Fsp3) is 0.462. The fourth-order valence-electron chi connectivity index (χ4n) is 3.47. The Balaban J connectivity index is 1.89. The Hall–Kier alpha value is -2.25. The zero-order chi connectivity index (χ0) is 15.0. The van der Waals surface area contributed by atoms with E-state index in [0.29, 0.717) is 16.9 Å². The molecule has 3 N–H and O–H groups in total. The van der Waals surface area contributed by atoms with E-state index in [1.807, 2.05) is 0 Å². The van der Waals surface area contributed by atoms with Gasteiger partial charge in [0.05, 0.1) is 6.20 Å². The first-order valence-electron chi connectivity index (χ1n) is 6.64. The van der Waals surface area contributed by atoms with Crippen molar-refractivity contribution < 1.29 is 13.6 Å². The van der Waals surface area contributed by atoms with Crippen LogP contribution < -0.4 is 5.73 Å². The lowest BCUT2D eigenvalue weighted by molar-refractivity contribution is 0.0629. The van der Waals surface area contributed by atoms with Crippen molar-refractivity contribution in [1.29, 1.82) is 0 Å². The molecule has 0 spiro atoms. The molecule has 2 heterocycles. The summed E-state index contributed by atoms with van der Waals surface area (Å²) < 4.78 is 29.4. The maximum absolute atomic E-state index is 14.0. The molecule has 1 amide bonds. The van der Waals surface area contributed by atoms with Crippen LogP contribution in [0.3, 0.4) is 0 Å². The second-order valence-electron chi connectivity index (χ2n) is 5.98. The number of halogens is 2. The van der Waals surface area contributed by atoms with Gasteiger partial charge in [0, 0.05) is 35.2 Å². The van der Waals surface area contributed by atoms with Crippen molar-refractivity contribution in [3.05, 3.63) is 29.3 Å². The Kier molecular flexibility index (Phi) is 2.08. The van der Waals surface area contributed by atoms with E-state index >= 15 is 0 Å². The van der Waals surface area contributed by atoms with Crippen LogP contribution in [0.15, 0.2) is 12.4 Å². The number of nitrogens with zero attached hydrogens (tertiary/aromatic N) is 3. The van der Waals surface area contributed by atoms with E-state index in [9.17, 15) is 13.6 Å². The molecule has 1 saturated carbocycles. The molecule has 0 aromatic carbocycles. The first-order valence-corrected chi connectivity index (χ1v) is 6.64. The molecule has 0 saturated heterocycles. The topological polar surface area (TPSA) is 89.6 Å². The first-order chi connectivity index (χ1) is 9.86. The number of hydrogen-bond acceptors (Lipinski definition) is 3. The fourth-order valence-corrected chi connectivity index (χ4v) is 3.47. The molecule has 2 aliphatic rings. The van der Waals surface area contributed by atoms with Gasteiger partial charge < -0.3 is 5.73 Å². The molecule has 4 rings (SSSR count). The molecular weight excluding hydrogens is 280 g/mol. The summed E-state index contributed by atoms with van der Waals surface area (Å²) in [6, 6.07) is 0. The summed E-state index contributed by atoms with van der Waals surface area (Å²) in [5, 5.41) is 10.7. The molecule has 2 unspecified atom stereocenters. The zero-order valence-electron chi connectivity index (χ0n) is 11.2. The lowest BCUT2D eigenvalue weighted by atomic mass is 9.87. The summed E-state index contributed by atoms with van der Waals surface area (Å²) in [6.45, 7) is 1.58. The van der Waals surface area contributed by atoms with E-state index in [2.05, 4.69) is 15.3 Å². The Morgan fingerprint density at radius 1 is 1.57 bits per heavy atom. The molecule has 2 aromatic heterocycles. The number of hydrogen-bond donors (Lipinski definition) is 2. The molecule has 2 atom stereocenters. The summed E-state index contributed by atoms with van der Waals surface area (Å²) >= 11 is 0. The molecule has 21 heavy (non-hydrogen) atoms. The highest BCUT2D eigenvalue weighted by Crippen LogP contribution is 2.70. The van der Waals surface area contributed by atoms with Gasteiger partial charge in [-0.3, -0.25) is 9.89 Å². The number of aromatic amines is 1. The third-order valence-electron chi connectivity index (χ3n) is 4.88. The molecular formula is C13H13F2N5O. The number of carbonyl (C=O) groups is 1. The third kappa shape index (κ3) is 1.37. The van der Waals surface area contributed by atoms with Crippen LogP contribution in [0.2, 0.25) is 0 Å². The van der Waals surface area contributed by atoms with E-state index in [-0.39, 0.29) is 18.5 Å². The van der Waals surface area contributed by atoms with Gasteiger partial charge in [-0.25, -0.2) is 13.5 Å². The van der Waals surface area contributed by atoms with Crippen LogP contribution in [0, 0.1) is 11.3 Å². The summed E-state index contributed by atoms with van der Waals surface area (Å²) in [5.74, 6) is -4.14. The van der Waals surface area contributed by atoms with Crippen LogP contribution in [0.4, 0.5) is 8.78 Å². The van der Waals surface area contributed by atoms with Crippen molar-refractivity contribution in [3.8, 4) is 5.69 Å². The summed E-state index contributed by atoms with van der Waals surface area (Å²) in [4.78, 5) is 11.6. The molecule has 1 fully saturated rings. The summed E-state index contributed by atoms with van der Waals surface area (Å²) in [7, 11) is 0. The summed E-state index contributed by atoms with van der Waals surface area (Å²) in [6.07, 6.45) is 3.43. The average molecular weight is 293 g/mol. The smallest absolute Gasteiger partial charge is 0.269 e. The van der Waals surface area contributed by atoms with Crippen LogP contribution in [0.5, 0.6) is 0 Å². The number of amides is 1. The van der Waals surface area contributed by atoms with Crippen molar-refractivity contribution in [2.75, 3.05) is 0 Å². The number of carbonyl (C=O) groups excluding carboxylic acids is 1. The predicted molar refractivity (Wildman–Crippen MR) is 68.2 cm³/mol.